The molecule has 452 valence electrons. The summed E-state index contributed by atoms with van der Waals surface area (Å²) in [5, 5.41) is 0. The van der Waals surface area contributed by atoms with Crippen molar-refractivity contribution in [3.05, 3.63) is 210 Å². The van der Waals surface area contributed by atoms with Gasteiger partial charge < -0.3 is 0 Å². The van der Waals surface area contributed by atoms with Gasteiger partial charge in [-0.2, -0.15) is 0 Å². The van der Waals surface area contributed by atoms with Crippen molar-refractivity contribution in [3.8, 4) is 30.6 Å². The summed E-state index contributed by atoms with van der Waals surface area (Å²) < 4.78 is 0. The molecule has 0 fully saturated rings. The second-order valence-electron chi connectivity index (χ2n) is 23.6. The highest BCUT2D eigenvalue weighted by molar-refractivity contribution is 9.21. The Balaban J connectivity index is 0.000000650. The van der Waals surface area contributed by atoms with Gasteiger partial charge in [-0.3, -0.25) is 0 Å². The van der Waals surface area contributed by atoms with Crippen molar-refractivity contribution < 1.29 is 0 Å². The lowest BCUT2D eigenvalue weighted by Crippen LogP contribution is -2.30. The van der Waals surface area contributed by atoms with E-state index in [1.54, 1.807) is 0 Å². The van der Waals surface area contributed by atoms with Crippen molar-refractivity contribution in [2.75, 3.05) is 0 Å². The number of rotatable bonds is 29. The molecule has 3 heterocycles. The first-order valence-corrected chi connectivity index (χ1v) is 54.6. The minimum atomic E-state index is -0.487. The van der Waals surface area contributed by atoms with Crippen molar-refractivity contribution in [1.29, 1.82) is 0 Å². The SMILES string of the molecule is CCCCCCc1ccc(C2(c3ccc(CCCCCC)cc3)c3cc4c(cc3-c3sc(C)cc32)C(c2ccc(CCCCCC)cc2)(c2ccc(CCCCCC)cc2)c2cc(-c3ccc(C)s3)sc2-4)cc1.PP(P)P(P)P(P(P)P)P(P)P. The highest BCUT2D eigenvalue weighted by Gasteiger charge is 2.53. The van der Waals surface area contributed by atoms with Crippen molar-refractivity contribution in [3.63, 3.8) is 0 Å². The number of unbranched alkanes of at least 4 members (excludes halogenated alkanes) is 12. The smallest absolute Gasteiger partial charge is 0.0722 e. The number of fused-ring (bicyclic) bond motifs is 6. The molecule has 8 aromatic rings. The van der Waals surface area contributed by atoms with Gasteiger partial charge in [-0.25, -0.2) is 0 Å². The molecule has 15 heteroatoms. The van der Waals surface area contributed by atoms with Gasteiger partial charge in [-0.15, -0.1) is 96.5 Å². The minimum Gasteiger partial charge on any atom is -0.140 e. The Kier molecular flexibility index (Phi) is 27.4. The van der Waals surface area contributed by atoms with Crippen molar-refractivity contribution in [2.45, 2.75) is 181 Å². The molecule has 0 nitrogen and oxygen atoms in total. The average Bonchev–Trinajstić information content (AvgIpc) is 1.53. The summed E-state index contributed by atoms with van der Waals surface area (Å²) in [7, 11) is 21.0. The van der Waals surface area contributed by atoms with Crippen LogP contribution in [0.5, 0.6) is 0 Å². The summed E-state index contributed by atoms with van der Waals surface area (Å²) in [5.74, 6) is 0. The predicted molar refractivity (Wildman–Crippen MR) is 424 cm³/mol. The van der Waals surface area contributed by atoms with Crippen LogP contribution in [0, 0.1) is 13.8 Å². The molecule has 2 aliphatic carbocycles. The van der Waals surface area contributed by atoms with Gasteiger partial charge in [0.15, 0.2) is 0 Å². The zero-order chi connectivity index (χ0) is 60.3. The van der Waals surface area contributed by atoms with E-state index in [4.69, 9.17) is 0 Å². The molecule has 2 aliphatic rings. The number of hydrogen-bond acceptors (Lipinski definition) is 3. The van der Waals surface area contributed by atoms with Gasteiger partial charge in [0.25, 0.3) is 0 Å². The second-order valence-corrected chi connectivity index (χ2v) is 72.1. The van der Waals surface area contributed by atoms with Gasteiger partial charge in [0.1, 0.15) is 0 Å². The van der Waals surface area contributed by atoms with Crippen molar-refractivity contribution in [1.82, 2.24) is 0 Å². The molecule has 5 aromatic carbocycles. The first-order chi connectivity index (χ1) is 41.2. The normalized spacial score (nSPS) is 14.0. The zero-order valence-electron chi connectivity index (χ0n) is 51.3. The van der Waals surface area contributed by atoms with Gasteiger partial charge >= 0.3 is 0 Å². The molecule has 0 N–H and O–H groups in total. The third-order valence-corrected chi connectivity index (χ3v) is 87.6. The third-order valence-electron chi connectivity index (χ3n) is 17.5. The van der Waals surface area contributed by atoms with Crippen molar-refractivity contribution in [2.24, 2.45) is 0 Å². The molecule has 0 radical (unpaired) electrons. The summed E-state index contributed by atoms with van der Waals surface area (Å²) in [6.45, 7) is 14.5. The number of hydrogen-bond donors (Lipinski definition) is 0. The van der Waals surface area contributed by atoms with E-state index in [2.05, 4.69) is 238 Å². The predicted octanol–water partition coefficient (Wildman–Crippen LogP) is 28.0. The van der Waals surface area contributed by atoms with Crippen LogP contribution < -0.4 is 0 Å². The van der Waals surface area contributed by atoms with Gasteiger partial charge in [0.2, 0.25) is 0 Å². The highest BCUT2D eigenvalue weighted by Crippen LogP contribution is 3.16. The van der Waals surface area contributed by atoms with Crippen LogP contribution in [0.4, 0.5) is 0 Å². The lowest BCUT2D eigenvalue weighted by Gasteiger charge is -2.35. The van der Waals surface area contributed by atoms with Crippen LogP contribution in [0.15, 0.2) is 133 Å². The Morgan fingerprint density at radius 1 is 0.329 bits per heavy atom. The fraction of sp³-hybridized carbons (Fsp3) is 0.400. The second kappa shape index (κ2) is 33.5. The summed E-state index contributed by atoms with van der Waals surface area (Å²) in [5.41, 5.74) is 19.0. The largest absolute Gasteiger partial charge is 0.140 e. The Morgan fingerprint density at radius 3 is 0.988 bits per heavy atom. The van der Waals surface area contributed by atoms with Crippen LogP contribution >= 0.6 is 131 Å². The van der Waals surface area contributed by atoms with Crippen LogP contribution in [-0.4, -0.2) is 0 Å². The maximum atomic E-state index is 3.09. The quantitative estimate of drug-likeness (QED) is 0.0324. The monoisotopic (exact) mass is 1400 g/mol. The zero-order valence-corrected chi connectivity index (χ0v) is 66.4. The van der Waals surface area contributed by atoms with E-state index in [1.807, 2.05) is 34.0 Å². The van der Waals surface area contributed by atoms with Crippen LogP contribution in [0.25, 0.3) is 30.6 Å². The summed E-state index contributed by atoms with van der Waals surface area (Å²) in [6.07, 6.45) is 25.1. The van der Waals surface area contributed by atoms with E-state index in [9.17, 15) is 0 Å². The van der Waals surface area contributed by atoms with Crippen molar-refractivity contribution >= 4 is 131 Å². The Hall–Kier alpha value is 0.360. The van der Waals surface area contributed by atoms with E-state index in [0.29, 0.717) is 0 Å². The Morgan fingerprint density at radius 2 is 0.682 bits per heavy atom. The fourth-order valence-electron chi connectivity index (χ4n) is 13.1. The molecular formula is C70H94P12S3. The molecule has 0 saturated heterocycles. The molecule has 8 unspecified atom stereocenters. The molecule has 8 atom stereocenters. The molecule has 3 aromatic heterocycles. The van der Waals surface area contributed by atoms with E-state index in [0.717, 1.165) is 25.7 Å². The van der Waals surface area contributed by atoms with Gasteiger partial charge in [-0.05, 0) is 214 Å². The average molecular weight is 1400 g/mol. The summed E-state index contributed by atoms with van der Waals surface area (Å²) >= 11 is 5.96. The van der Waals surface area contributed by atoms with E-state index in [-0.39, 0.29) is 34.9 Å². The van der Waals surface area contributed by atoms with Gasteiger partial charge in [0, 0.05) is 29.3 Å². The lowest BCUT2D eigenvalue weighted by atomic mass is 9.65. The van der Waals surface area contributed by atoms with E-state index >= 15 is 0 Å². The molecule has 0 aliphatic heterocycles. The molecule has 85 heavy (non-hydrogen) atoms. The number of aryl methyl sites for hydroxylation is 6. The maximum Gasteiger partial charge on any atom is 0.0722 e. The summed E-state index contributed by atoms with van der Waals surface area (Å²) in [4.78, 5) is 8.36. The summed E-state index contributed by atoms with van der Waals surface area (Å²) in [6, 6.07) is 55.1. The lowest BCUT2D eigenvalue weighted by molar-refractivity contribution is 0.666. The third kappa shape index (κ3) is 16.0. The molecule has 0 spiro atoms. The number of benzene rings is 5. The Bertz CT molecular complexity index is 3260. The standard InChI is InChI=1S/C70H80S3.H14P12/c1-7-11-15-19-23-51-28-36-55(37-29-51)69(56-38-30-52(31-39-56)24-20-16-12-8-2)61-47-60-62(46-59(61)67-63(69)45-50(6)72-67)70(57-40-32-53(33-41-57)25-21-17-13-9-3,58-42-34-54(35-43-58)26-22-18-14-10-4)64-48-66(73-68(60)64)65-44-27-49(5)71-65;1-8(2)11(7)12(9(3)4)10(5)6/h27-48H,7-26H2,1-6H3;1-7H2. The van der Waals surface area contributed by atoms with Gasteiger partial charge in [0.05, 0.1) is 10.8 Å². The highest BCUT2D eigenvalue weighted by atomic mass is 33.3. The molecule has 10 rings (SSSR count). The van der Waals surface area contributed by atoms with Crippen LogP contribution in [0.1, 0.15) is 207 Å². The molecule has 0 bridgehead atoms. The minimum absolute atomic E-state index is 0.103. The molecule has 0 amide bonds. The first kappa shape index (κ1) is 69.7. The fourth-order valence-corrected chi connectivity index (χ4v) is 119. The maximum absolute atomic E-state index is 3.09. The topological polar surface area (TPSA) is 0 Å². The Labute approximate surface area is 548 Å². The van der Waals surface area contributed by atoms with Gasteiger partial charge in [-0.1, -0.05) is 202 Å². The molecule has 0 saturated carbocycles. The van der Waals surface area contributed by atoms with E-state index in [1.165, 1.54) is 210 Å². The number of thiophene rings is 3. The molecular weight excluding hydrogens is 1310 g/mol. The van der Waals surface area contributed by atoms with Crippen LogP contribution in [0.2, 0.25) is 0 Å². The van der Waals surface area contributed by atoms with E-state index < -0.39 is 10.8 Å². The first-order valence-electron chi connectivity index (χ1n) is 31.3. The van der Waals surface area contributed by atoms with Crippen LogP contribution in [-0.2, 0) is 36.5 Å². The van der Waals surface area contributed by atoms with Crippen LogP contribution in [0.3, 0.4) is 0 Å².